The van der Waals surface area contributed by atoms with Gasteiger partial charge in [-0.1, -0.05) is 6.07 Å². The first-order valence-electron chi connectivity index (χ1n) is 5.55. The zero-order valence-corrected chi connectivity index (χ0v) is 12.4. The summed E-state index contributed by atoms with van der Waals surface area (Å²) < 4.78 is 26.7. The first-order valence-corrected chi connectivity index (χ1v) is 8.73. The smallest absolute Gasteiger partial charge is 0.259 e. The molecule has 3 heterocycles. The molecule has 0 bridgehead atoms. The van der Waals surface area contributed by atoms with Crippen LogP contribution in [-0.2, 0) is 16.6 Å². The normalized spacial score (nSPS) is 12.0. The fraction of sp³-hybridized carbons (Fsp3) is 0.0909. The van der Waals surface area contributed by atoms with Gasteiger partial charge in [0.15, 0.2) is 0 Å². The minimum absolute atomic E-state index is 0.140. The molecule has 3 rings (SSSR count). The third-order valence-corrected chi connectivity index (χ3v) is 6.42. The van der Waals surface area contributed by atoms with Crippen LogP contribution in [0.2, 0.25) is 0 Å². The van der Waals surface area contributed by atoms with E-state index in [1.807, 2.05) is 0 Å². The molecule has 0 amide bonds. The lowest BCUT2D eigenvalue weighted by atomic mass is 10.3. The number of hydrogen-bond donors (Lipinski definition) is 2. The van der Waals surface area contributed by atoms with Crippen molar-refractivity contribution in [1.82, 2.24) is 14.7 Å². The Morgan fingerprint density at radius 3 is 2.95 bits per heavy atom. The van der Waals surface area contributed by atoms with E-state index >= 15 is 0 Å². The summed E-state index contributed by atoms with van der Waals surface area (Å²) in [7, 11) is -3.49. The lowest BCUT2D eigenvalue weighted by molar-refractivity contribution is 0.584. The number of sulfonamides is 1. The van der Waals surface area contributed by atoms with E-state index in [1.165, 1.54) is 17.7 Å². The van der Waals surface area contributed by atoms with Gasteiger partial charge in [-0.3, -0.25) is 4.79 Å². The van der Waals surface area contributed by atoms with Crippen LogP contribution in [0.15, 0.2) is 38.9 Å². The molecule has 0 aliphatic carbocycles. The van der Waals surface area contributed by atoms with E-state index in [9.17, 15) is 13.2 Å². The van der Waals surface area contributed by atoms with Crippen molar-refractivity contribution in [3.8, 4) is 0 Å². The largest absolute Gasteiger partial charge is 0.313 e. The number of nitrogens with zero attached hydrogens (tertiary/aromatic N) is 1. The molecule has 2 N–H and O–H groups in total. The first kappa shape index (κ1) is 13.4. The first-order chi connectivity index (χ1) is 9.56. The molecule has 0 radical (unpaired) electrons. The molecular formula is C11H9N3O3S3. The minimum atomic E-state index is -3.49. The highest BCUT2D eigenvalue weighted by Gasteiger charge is 2.15. The van der Waals surface area contributed by atoms with E-state index in [0.717, 1.165) is 16.2 Å². The van der Waals surface area contributed by atoms with E-state index in [0.29, 0.717) is 10.2 Å². The number of H-pyrrole nitrogens is 1. The third-order valence-electron chi connectivity index (χ3n) is 2.58. The van der Waals surface area contributed by atoms with Crippen molar-refractivity contribution in [1.29, 1.82) is 0 Å². The second-order valence-corrected chi connectivity index (χ2v) is 7.98. The van der Waals surface area contributed by atoms with Gasteiger partial charge in [0.25, 0.3) is 5.56 Å². The topological polar surface area (TPSA) is 91.9 Å². The van der Waals surface area contributed by atoms with Crippen LogP contribution < -0.4 is 10.3 Å². The Bertz CT molecular complexity index is 894. The number of fused-ring (bicyclic) bond motifs is 1. The molecule has 6 nitrogen and oxygen atoms in total. The Hall–Kier alpha value is -1.55. The van der Waals surface area contributed by atoms with Crippen LogP contribution in [0.1, 0.15) is 4.88 Å². The van der Waals surface area contributed by atoms with Gasteiger partial charge in [-0.15, -0.1) is 22.7 Å². The SMILES string of the molecule is O=c1[nH]cnc2sc(CNS(=O)(=O)c3cccs3)cc12. The molecule has 9 heteroatoms. The van der Waals surface area contributed by atoms with Crippen LogP contribution in [0.3, 0.4) is 0 Å². The number of thiophene rings is 2. The van der Waals surface area contributed by atoms with Crippen molar-refractivity contribution >= 4 is 42.9 Å². The summed E-state index contributed by atoms with van der Waals surface area (Å²) in [5.41, 5.74) is -0.224. The average molecular weight is 327 g/mol. The molecule has 0 spiro atoms. The van der Waals surface area contributed by atoms with E-state index in [2.05, 4.69) is 14.7 Å². The van der Waals surface area contributed by atoms with Crippen LogP contribution >= 0.6 is 22.7 Å². The Morgan fingerprint density at radius 1 is 1.40 bits per heavy atom. The quantitative estimate of drug-likeness (QED) is 0.760. The summed E-state index contributed by atoms with van der Waals surface area (Å²) in [5.74, 6) is 0. The van der Waals surface area contributed by atoms with E-state index in [-0.39, 0.29) is 16.3 Å². The van der Waals surface area contributed by atoms with Gasteiger partial charge in [0, 0.05) is 11.4 Å². The van der Waals surface area contributed by atoms with Gasteiger partial charge >= 0.3 is 0 Å². The molecule has 0 saturated heterocycles. The van der Waals surface area contributed by atoms with Gasteiger partial charge in [0.2, 0.25) is 10.0 Å². The van der Waals surface area contributed by atoms with Gasteiger partial charge in [-0.25, -0.2) is 18.1 Å². The van der Waals surface area contributed by atoms with E-state index < -0.39 is 10.0 Å². The summed E-state index contributed by atoms with van der Waals surface area (Å²) >= 11 is 2.45. The maximum absolute atomic E-state index is 12.0. The summed E-state index contributed by atoms with van der Waals surface area (Å²) in [4.78, 5) is 19.4. The summed E-state index contributed by atoms with van der Waals surface area (Å²) in [6, 6.07) is 4.88. The number of nitrogens with one attached hydrogen (secondary N) is 2. The maximum Gasteiger partial charge on any atom is 0.259 e. The second kappa shape index (κ2) is 5.09. The van der Waals surface area contributed by atoms with Gasteiger partial charge in [-0.05, 0) is 17.5 Å². The van der Waals surface area contributed by atoms with Crippen molar-refractivity contribution in [2.45, 2.75) is 10.8 Å². The minimum Gasteiger partial charge on any atom is -0.313 e. The van der Waals surface area contributed by atoms with Crippen molar-refractivity contribution in [3.05, 3.63) is 45.1 Å². The lowest BCUT2D eigenvalue weighted by Crippen LogP contribution is -2.21. The van der Waals surface area contributed by atoms with Crippen molar-refractivity contribution < 1.29 is 8.42 Å². The van der Waals surface area contributed by atoms with Crippen LogP contribution in [0.25, 0.3) is 10.2 Å². The van der Waals surface area contributed by atoms with Crippen LogP contribution in [0.4, 0.5) is 0 Å². The monoisotopic (exact) mass is 327 g/mol. The highest BCUT2D eigenvalue weighted by Crippen LogP contribution is 2.21. The zero-order valence-electron chi connectivity index (χ0n) is 9.99. The predicted molar refractivity (Wildman–Crippen MR) is 78.6 cm³/mol. The molecule has 0 atom stereocenters. The summed E-state index contributed by atoms with van der Waals surface area (Å²) in [6.45, 7) is 0.140. The molecule has 0 saturated carbocycles. The Kier molecular flexibility index (Phi) is 3.42. The van der Waals surface area contributed by atoms with Crippen molar-refractivity contribution in [2.75, 3.05) is 0 Å². The molecule has 3 aromatic heterocycles. The molecule has 3 aromatic rings. The van der Waals surface area contributed by atoms with E-state index in [4.69, 9.17) is 0 Å². The summed E-state index contributed by atoms with van der Waals surface area (Å²) in [5, 5.41) is 2.18. The Morgan fingerprint density at radius 2 is 2.25 bits per heavy atom. The van der Waals surface area contributed by atoms with Crippen LogP contribution in [0, 0.1) is 0 Å². The number of aromatic amines is 1. The van der Waals surface area contributed by atoms with Crippen LogP contribution in [0.5, 0.6) is 0 Å². The predicted octanol–water partition coefficient (Wildman–Crippen LogP) is 1.52. The highest BCUT2D eigenvalue weighted by molar-refractivity contribution is 7.91. The molecule has 0 aliphatic rings. The highest BCUT2D eigenvalue weighted by atomic mass is 32.2. The number of hydrogen-bond acceptors (Lipinski definition) is 6. The van der Waals surface area contributed by atoms with Gasteiger partial charge < -0.3 is 4.98 Å². The molecule has 0 fully saturated rings. The average Bonchev–Trinajstić information content (AvgIpc) is 3.06. The van der Waals surface area contributed by atoms with Crippen molar-refractivity contribution in [2.24, 2.45) is 0 Å². The maximum atomic E-state index is 12.0. The molecule has 104 valence electrons. The molecular weight excluding hydrogens is 318 g/mol. The lowest BCUT2D eigenvalue weighted by Gasteiger charge is -2.02. The van der Waals surface area contributed by atoms with Crippen molar-refractivity contribution in [3.63, 3.8) is 0 Å². The Balaban J connectivity index is 1.84. The van der Waals surface area contributed by atoms with E-state index in [1.54, 1.807) is 23.6 Å². The fourth-order valence-corrected chi connectivity index (χ4v) is 4.73. The third kappa shape index (κ3) is 2.52. The summed E-state index contributed by atoms with van der Waals surface area (Å²) in [6.07, 6.45) is 1.33. The molecule has 0 aromatic carbocycles. The standard InChI is InChI=1S/C11H9N3O3S3/c15-10-8-4-7(19-11(8)13-6-12-10)5-14-20(16,17)9-2-1-3-18-9/h1-4,6,14H,5H2,(H,12,13,15). The molecule has 20 heavy (non-hydrogen) atoms. The molecule has 0 unspecified atom stereocenters. The number of aromatic nitrogens is 2. The number of rotatable bonds is 4. The molecule has 0 aliphatic heterocycles. The van der Waals surface area contributed by atoms with Gasteiger partial charge in [0.05, 0.1) is 11.7 Å². The van der Waals surface area contributed by atoms with Crippen LogP contribution in [-0.4, -0.2) is 18.4 Å². The van der Waals surface area contributed by atoms with Gasteiger partial charge in [0.1, 0.15) is 9.04 Å². The second-order valence-electron chi connectivity index (χ2n) is 3.92. The fourth-order valence-electron chi connectivity index (χ4n) is 1.66. The van der Waals surface area contributed by atoms with Gasteiger partial charge in [-0.2, -0.15) is 0 Å². The zero-order chi connectivity index (χ0) is 14.2. The Labute approximate surface area is 122 Å².